The van der Waals surface area contributed by atoms with Gasteiger partial charge >= 0.3 is 0 Å². The third-order valence-electron chi connectivity index (χ3n) is 3.51. The van der Waals surface area contributed by atoms with Crippen LogP contribution in [0.25, 0.3) is 33.3 Å². The van der Waals surface area contributed by atoms with Crippen LogP contribution in [0, 0.1) is 6.92 Å². The lowest BCUT2D eigenvalue weighted by atomic mass is 10.1. The van der Waals surface area contributed by atoms with Crippen molar-refractivity contribution < 1.29 is 4.42 Å². The second-order valence-electron chi connectivity index (χ2n) is 5.22. The maximum absolute atomic E-state index is 5.81. The lowest BCUT2D eigenvalue weighted by Gasteiger charge is -1.99. The summed E-state index contributed by atoms with van der Waals surface area (Å²) in [5.41, 5.74) is 3.98. The van der Waals surface area contributed by atoms with Gasteiger partial charge in [-0.1, -0.05) is 23.8 Å². The summed E-state index contributed by atoms with van der Waals surface area (Å²) in [6.45, 7) is 2.05. The molecule has 0 bridgehead atoms. The van der Waals surface area contributed by atoms with Gasteiger partial charge in [-0.2, -0.15) is 0 Å². The van der Waals surface area contributed by atoms with E-state index in [4.69, 9.17) is 4.42 Å². The Morgan fingerprint density at radius 3 is 2.35 bits per heavy atom. The van der Waals surface area contributed by atoms with Crippen molar-refractivity contribution in [1.82, 2.24) is 15.2 Å². The molecule has 0 spiro atoms. The first-order valence-electron chi connectivity index (χ1n) is 7.19. The summed E-state index contributed by atoms with van der Waals surface area (Å²) in [4.78, 5) is 5.45. The monoisotopic (exact) mass is 319 g/mol. The number of thiophene rings is 1. The zero-order chi connectivity index (χ0) is 15.6. The van der Waals surface area contributed by atoms with E-state index in [-0.39, 0.29) is 0 Å². The molecule has 4 rings (SSSR count). The number of nitrogens with zero attached hydrogens (tertiary/aromatic N) is 3. The van der Waals surface area contributed by atoms with Crippen molar-refractivity contribution in [2.75, 3.05) is 0 Å². The average molecular weight is 319 g/mol. The Hall–Kier alpha value is -2.79. The average Bonchev–Trinajstić information content (AvgIpc) is 3.28. The summed E-state index contributed by atoms with van der Waals surface area (Å²) >= 11 is 1.68. The van der Waals surface area contributed by atoms with Crippen LogP contribution in [0.5, 0.6) is 0 Å². The Labute approximate surface area is 137 Å². The summed E-state index contributed by atoms with van der Waals surface area (Å²) in [6, 6.07) is 14.1. The molecular formula is C18H13N3OS. The van der Waals surface area contributed by atoms with Crippen LogP contribution >= 0.6 is 11.3 Å². The minimum atomic E-state index is 0.478. The van der Waals surface area contributed by atoms with Crippen LogP contribution in [0.1, 0.15) is 5.56 Å². The van der Waals surface area contributed by atoms with Gasteiger partial charge in [-0.05, 0) is 36.6 Å². The Kier molecular flexibility index (Phi) is 3.48. The number of aromatic nitrogens is 3. The van der Waals surface area contributed by atoms with Gasteiger partial charge in [-0.25, -0.2) is 0 Å². The van der Waals surface area contributed by atoms with Crippen LogP contribution in [0.15, 0.2) is 64.7 Å². The second kappa shape index (κ2) is 5.78. The van der Waals surface area contributed by atoms with Gasteiger partial charge in [-0.15, -0.1) is 21.5 Å². The third kappa shape index (κ3) is 2.78. The highest BCUT2D eigenvalue weighted by Gasteiger charge is 2.12. The molecule has 23 heavy (non-hydrogen) atoms. The molecule has 0 radical (unpaired) electrons. The molecule has 0 aliphatic rings. The molecule has 4 aromatic rings. The van der Waals surface area contributed by atoms with E-state index in [1.54, 1.807) is 17.5 Å². The standard InChI is InChI=1S/C18H13N3OS/c1-12-4-6-13(7-5-12)17-20-21-18(22-17)15-9-14(10-19-11-15)16-3-2-8-23-16/h2-11H,1H3. The maximum Gasteiger partial charge on any atom is 0.249 e. The summed E-state index contributed by atoms with van der Waals surface area (Å²) < 4.78 is 5.81. The molecule has 0 aliphatic heterocycles. The van der Waals surface area contributed by atoms with Crippen molar-refractivity contribution in [1.29, 1.82) is 0 Å². The normalized spacial score (nSPS) is 10.8. The van der Waals surface area contributed by atoms with Crippen LogP contribution in [0.4, 0.5) is 0 Å². The van der Waals surface area contributed by atoms with Gasteiger partial charge in [0.05, 0.1) is 5.56 Å². The van der Waals surface area contributed by atoms with E-state index in [2.05, 4.69) is 21.2 Å². The lowest BCUT2D eigenvalue weighted by molar-refractivity contribution is 0.584. The Morgan fingerprint density at radius 1 is 0.870 bits per heavy atom. The minimum absolute atomic E-state index is 0.478. The van der Waals surface area contributed by atoms with Gasteiger partial charge in [0.1, 0.15) is 0 Å². The maximum atomic E-state index is 5.81. The fourth-order valence-corrected chi connectivity index (χ4v) is 3.00. The fraction of sp³-hybridized carbons (Fsp3) is 0.0556. The number of hydrogen-bond acceptors (Lipinski definition) is 5. The highest BCUT2D eigenvalue weighted by atomic mass is 32.1. The van der Waals surface area contributed by atoms with Crippen molar-refractivity contribution in [3.63, 3.8) is 0 Å². The number of rotatable bonds is 3. The van der Waals surface area contributed by atoms with E-state index < -0.39 is 0 Å². The van der Waals surface area contributed by atoms with Gasteiger partial charge in [-0.3, -0.25) is 4.98 Å². The predicted octanol–water partition coefficient (Wildman–Crippen LogP) is 4.84. The first-order chi connectivity index (χ1) is 11.3. The Morgan fingerprint density at radius 2 is 1.61 bits per heavy atom. The smallest absolute Gasteiger partial charge is 0.249 e. The fourth-order valence-electron chi connectivity index (χ4n) is 2.29. The van der Waals surface area contributed by atoms with Crippen LogP contribution in [0.2, 0.25) is 0 Å². The molecule has 5 heteroatoms. The Bertz CT molecular complexity index is 927. The topological polar surface area (TPSA) is 51.8 Å². The van der Waals surface area contributed by atoms with Crippen LogP contribution < -0.4 is 0 Å². The molecule has 3 heterocycles. The molecule has 0 atom stereocenters. The zero-order valence-corrected chi connectivity index (χ0v) is 13.2. The molecule has 3 aromatic heterocycles. The van der Waals surface area contributed by atoms with E-state index in [9.17, 15) is 0 Å². The molecular weight excluding hydrogens is 306 g/mol. The summed E-state index contributed by atoms with van der Waals surface area (Å²) in [6.07, 6.45) is 3.58. The Balaban J connectivity index is 1.69. The highest BCUT2D eigenvalue weighted by Crippen LogP contribution is 2.29. The van der Waals surface area contributed by atoms with E-state index in [0.717, 1.165) is 21.6 Å². The molecule has 0 saturated heterocycles. The van der Waals surface area contributed by atoms with Gasteiger partial charge in [0.15, 0.2) is 0 Å². The summed E-state index contributed by atoms with van der Waals surface area (Å²) in [5.74, 6) is 0.994. The van der Waals surface area contributed by atoms with Gasteiger partial charge in [0.2, 0.25) is 11.8 Å². The van der Waals surface area contributed by atoms with Crippen molar-refractivity contribution in [3.05, 3.63) is 65.8 Å². The third-order valence-corrected chi connectivity index (χ3v) is 4.43. The van der Waals surface area contributed by atoms with Gasteiger partial charge in [0, 0.05) is 28.4 Å². The second-order valence-corrected chi connectivity index (χ2v) is 6.17. The predicted molar refractivity (Wildman–Crippen MR) is 91.0 cm³/mol. The molecule has 0 aliphatic carbocycles. The van der Waals surface area contributed by atoms with Crippen molar-refractivity contribution >= 4 is 11.3 Å². The first kappa shape index (κ1) is 13.8. The van der Waals surface area contributed by atoms with Crippen LogP contribution in [0.3, 0.4) is 0 Å². The van der Waals surface area contributed by atoms with Crippen molar-refractivity contribution in [2.45, 2.75) is 6.92 Å². The molecule has 0 N–H and O–H groups in total. The zero-order valence-electron chi connectivity index (χ0n) is 12.4. The van der Waals surface area contributed by atoms with Gasteiger partial charge in [0.25, 0.3) is 0 Å². The van der Waals surface area contributed by atoms with Crippen LogP contribution in [-0.4, -0.2) is 15.2 Å². The highest BCUT2D eigenvalue weighted by molar-refractivity contribution is 7.13. The van der Waals surface area contributed by atoms with E-state index >= 15 is 0 Å². The summed E-state index contributed by atoms with van der Waals surface area (Å²) in [5, 5.41) is 10.3. The van der Waals surface area contributed by atoms with Gasteiger partial charge < -0.3 is 4.42 Å². The van der Waals surface area contributed by atoms with E-state index in [0.29, 0.717) is 11.8 Å². The number of aryl methyl sites for hydroxylation is 1. The molecule has 0 amide bonds. The molecule has 0 saturated carbocycles. The van der Waals surface area contributed by atoms with E-state index in [1.165, 1.54) is 5.56 Å². The summed E-state index contributed by atoms with van der Waals surface area (Å²) in [7, 11) is 0. The van der Waals surface area contributed by atoms with Crippen molar-refractivity contribution in [2.24, 2.45) is 0 Å². The molecule has 4 nitrogen and oxygen atoms in total. The first-order valence-corrected chi connectivity index (χ1v) is 8.07. The lowest BCUT2D eigenvalue weighted by Crippen LogP contribution is -1.82. The van der Waals surface area contributed by atoms with E-state index in [1.807, 2.05) is 54.9 Å². The largest absolute Gasteiger partial charge is 0.416 e. The SMILES string of the molecule is Cc1ccc(-c2nnc(-c3cncc(-c4cccs4)c3)o2)cc1. The number of benzene rings is 1. The molecule has 0 unspecified atom stereocenters. The van der Waals surface area contributed by atoms with Crippen molar-refractivity contribution in [3.8, 4) is 33.3 Å². The van der Waals surface area contributed by atoms with Crippen LogP contribution in [-0.2, 0) is 0 Å². The minimum Gasteiger partial charge on any atom is -0.416 e. The number of pyridine rings is 1. The quantitative estimate of drug-likeness (QED) is 0.542. The molecule has 1 aromatic carbocycles. The molecule has 112 valence electrons. The number of hydrogen-bond donors (Lipinski definition) is 0. The molecule has 0 fully saturated rings.